The van der Waals surface area contributed by atoms with Crippen molar-refractivity contribution < 1.29 is 28.7 Å². The summed E-state index contributed by atoms with van der Waals surface area (Å²) in [5.74, 6) is 0.0610. The fourth-order valence-electron chi connectivity index (χ4n) is 2.25. The molecule has 1 aromatic carbocycles. The molecule has 0 aliphatic rings. The van der Waals surface area contributed by atoms with Crippen LogP contribution in [0.1, 0.15) is 38.2 Å². The molecule has 1 heterocycles. The van der Waals surface area contributed by atoms with Gasteiger partial charge in [0.2, 0.25) is 12.2 Å². The van der Waals surface area contributed by atoms with Crippen LogP contribution in [0.5, 0.6) is 5.75 Å². The Kier molecular flexibility index (Phi) is 7.16. The fraction of sp³-hybridized carbons (Fsp3) is 0.444. The van der Waals surface area contributed by atoms with Crippen molar-refractivity contribution in [2.24, 2.45) is 5.92 Å². The van der Waals surface area contributed by atoms with Gasteiger partial charge in [0.05, 0.1) is 12.6 Å². The molecule has 1 N–H and O–H groups in total. The Morgan fingerprint density at radius 3 is 2.48 bits per heavy atom. The van der Waals surface area contributed by atoms with Crippen molar-refractivity contribution in [1.82, 2.24) is 15.0 Å². The highest BCUT2D eigenvalue weighted by atomic mass is 16.6. The molecule has 0 bridgehead atoms. The maximum absolute atomic E-state index is 12.3. The molecule has 9 nitrogen and oxygen atoms in total. The Hall–Kier alpha value is -3.10. The molecule has 146 valence electrons. The number of aliphatic carboxylic acids is 1. The molecule has 0 fully saturated rings. The van der Waals surface area contributed by atoms with Crippen LogP contribution in [0.3, 0.4) is 0 Å². The Morgan fingerprint density at radius 1 is 1.22 bits per heavy atom. The Labute approximate surface area is 156 Å². The number of carbonyl (C=O) groups excluding carboxylic acids is 1. The minimum atomic E-state index is -1.11. The first-order chi connectivity index (χ1) is 12.9. The van der Waals surface area contributed by atoms with Crippen molar-refractivity contribution in [2.75, 3.05) is 13.2 Å². The quantitative estimate of drug-likeness (QED) is 0.709. The Balaban J connectivity index is 2.03. The molecule has 0 radical (unpaired) electrons. The van der Waals surface area contributed by atoms with Crippen LogP contribution in [0.4, 0.5) is 4.79 Å². The number of amides is 1. The van der Waals surface area contributed by atoms with Gasteiger partial charge in [-0.1, -0.05) is 31.1 Å². The molecule has 1 atom stereocenters. The molecule has 27 heavy (non-hydrogen) atoms. The number of benzene rings is 1. The maximum Gasteiger partial charge on any atom is 0.410 e. The molecule has 0 aliphatic heterocycles. The van der Waals surface area contributed by atoms with Crippen molar-refractivity contribution in [2.45, 2.75) is 33.4 Å². The van der Waals surface area contributed by atoms with Crippen molar-refractivity contribution in [3.8, 4) is 5.75 Å². The van der Waals surface area contributed by atoms with Crippen LogP contribution in [0.2, 0.25) is 0 Å². The van der Waals surface area contributed by atoms with Crippen molar-refractivity contribution in [3.63, 3.8) is 0 Å². The zero-order chi connectivity index (χ0) is 19.8. The second-order valence-electron chi connectivity index (χ2n) is 6.37. The lowest BCUT2D eigenvalue weighted by Gasteiger charge is -2.27. The third-order valence-corrected chi connectivity index (χ3v) is 3.69. The summed E-state index contributed by atoms with van der Waals surface area (Å²) in [6.07, 6.45) is 0.565. The summed E-state index contributed by atoms with van der Waals surface area (Å²) in [5, 5.41) is 12.8. The van der Waals surface area contributed by atoms with Gasteiger partial charge in [-0.3, -0.25) is 9.69 Å². The summed E-state index contributed by atoms with van der Waals surface area (Å²) in [5.41, 5.74) is 0.754. The summed E-state index contributed by atoms with van der Waals surface area (Å²) in [4.78, 5) is 28.5. The first kappa shape index (κ1) is 20.2. The van der Waals surface area contributed by atoms with Gasteiger partial charge in [0.25, 0.3) is 0 Å². The van der Waals surface area contributed by atoms with E-state index in [1.54, 1.807) is 31.2 Å². The van der Waals surface area contributed by atoms with Crippen LogP contribution < -0.4 is 4.74 Å². The smallest absolute Gasteiger partial charge is 0.410 e. The normalized spacial score (nSPS) is 11.9. The van der Waals surface area contributed by atoms with Crippen LogP contribution in [0.15, 0.2) is 35.2 Å². The van der Waals surface area contributed by atoms with Gasteiger partial charge < -0.3 is 19.1 Å². The van der Waals surface area contributed by atoms with E-state index in [1.807, 2.05) is 13.8 Å². The highest BCUT2D eigenvalue weighted by Crippen LogP contribution is 2.24. The van der Waals surface area contributed by atoms with E-state index in [-0.39, 0.29) is 19.1 Å². The summed E-state index contributed by atoms with van der Waals surface area (Å²) < 4.78 is 15.4. The van der Waals surface area contributed by atoms with Crippen LogP contribution >= 0.6 is 0 Å². The average Bonchev–Trinajstić information content (AvgIpc) is 3.16. The number of nitrogens with zero attached hydrogens (tertiary/aromatic N) is 3. The first-order valence-electron chi connectivity index (χ1n) is 8.50. The van der Waals surface area contributed by atoms with E-state index in [9.17, 15) is 9.59 Å². The summed E-state index contributed by atoms with van der Waals surface area (Å²) >= 11 is 0. The zero-order valence-corrected chi connectivity index (χ0v) is 15.5. The van der Waals surface area contributed by atoms with Gasteiger partial charge in [-0.05, 0) is 30.5 Å². The number of hydrogen-bond acceptors (Lipinski definition) is 7. The summed E-state index contributed by atoms with van der Waals surface area (Å²) in [7, 11) is 0. The molecular formula is C18H23N3O6. The molecule has 0 saturated carbocycles. The molecule has 2 aromatic rings. The van der Waals surface area contributed by atoms with Gasteiger partial charge in [-0.25, -0.2) is 4.79 Å². The second kappa shape index (κ2) is 9.56. The van der Waals surface area contributed by atoms with E-state index < -0.39 is 24.6 Å². The zero-order valence-electron chi connectivity index (χ0n) is 15.5. The lowest BCUT2D eigenvalue weighted by Crippen LogP contribution is -2.38. The van der Waals surface area contributed by atoms with Gasteiger partial charge in [-0.15, -0.1) is 0 Å². The number of aromatic nitrogens is 2. The van der Waals surface area contributed by atoms with Crippen LogP contribution in [-0.2, 0) is 16.1 Å². The average molecular weight is 377 g/mol. The third-order valence-electron chi connectivity index (χ3n) is 3.69. The SMILES string of the molecule is CC(C)COC(=O)N(CC(=O)O)[C@@H](C)c1ccc(OCc2ncon2)cc1. The van der Waals surface area contributed by atoms with E-state index in [1.165, 1.54) is 11.3 Å². The minimum Gasteiger partial charge on any atom is -0.485 e. The first-order valence-corrected chi connectivity index (χ1v) is 8.50. The number of carboxylic acids is 1. The van der Waals surface area contributed by atoms with E-state index in [0.717, 1.165) is 5.56 Å². The molecule has 2 rings (SSSR count). The van der Waals surface area contributed by atoms with Gasteiger partial charge in [0.15, 0.2) is 6.61 Å². The minimum absolute atomic E-state index is 0.159. The predicted octanol–water partition coefficient (Wildman–Crippen LogP) is 2.89. The molecule has 9 heteroatoms. The number of ether oxygens (including phenoxy) is 2. The topological polar surface area (TPSA) is 115 Å². The van der Waals surface area contributed by atoms with Crippen molar-refractivity contribution in [3.05, 3.63) is 42.0 Å². The number of carbonyl (C=O) groups is 2. The van der Waals surface area contributed by atoms with Crippen molar-refractivity contribution >= 4 is 12.1 Å². The highest BCUT2D eigenvalue weighted by molar-refractivity contribution is 5.77. The molecule has 1 amide bonds. The van der Waals surface area contributed by atoms with Crippen LogP contribution in [0.25, 0.3) is 0 Å². The summed E-state index contributed by atoms with van der Waals surface area (Å²) in [6, 6.07) is 6.50. The second-order valence-corrected chi connectivity index (χ2v) is 6.37. The molecule has 1 aromatic heterocycles. The number of rotatable bonds is 9. The molecule has 0 saturated heterocycles. The third kappa shape index (κ3) is 6.28. The fourth-order valence-corrected chi connectivity index (χ4v) is 2.25. The van der Waals surface area contributed by atoms with E-state index >= 15 is 0 Å². The molecule has 0 unspecified atom stereocenters. The lowest BCUT2D eigenvalue weighted by atomic mass is 10.1. The molecular weight excluding hydrogens is 354 g/mol. The lowest BCUT2D eigenvalue weighted by molar-refractivity contribution is -0.138. The van der Waals surface area contributed by atoms with E-state index in [0.29, 0.717) is 11.6 Å². The number of hydrogen-bond donors (Lipinski definition) is 1. The van der Waals surface area contributed by atoms with Gasteiger partial charge >= 0.3 is 12.1 Å². The Bertz CT molecular complexity index is 730. The van der Waals surface area contributed by atoms with Gasteiger partial charge in [-0.2, -0.15) is 4.98 Å². The summed E-state index contributed by atoms with van der Waals surface area (Å²) in [6.45, 7) is 5.50. The largest absolute Gasteiger partial charge is 0.485 e. The number of carboxylic acid groups (broad SMARTS) is 1. The van der Waals surface area contributed by atoms with Crippen LogP contribution in [0, 0.1) is 5.92 Å². The molecule has 0 aliphatic carbocycles. The van der Waals surface area contributed by atoms with Gasteiger partial charge in [0.1, 0.15) is 12.3 Å². The maximum atomic E-state index is 12.3. The van der Waals surface area contributed by atoms with Gasteiger partial charge in [0, 0.05) is 0 Å². The predicted molar refractivity (Wildman–Crippen MR) is 94.0 cm³/mol. The highest BCUT2D eigenvalue weighted by Gasteiger charge is 2.25. The Morgan fingerprint density at radius 2 is 1.93 bits per heavy atom. The molecule has 0 spiro atoms. The van der Waals surface area contributed by atoms with E-state index in [2.05, 4.69) is 14.7 Å². The van der Waals surface area contributed by atoms with Crippen LogP contribution in [-0.4, -0.2) is 45.4 Å². The van der Waals surface area contributed by atoms with E-state index in [4.69, 9.17) is 14.6 Å². The monoisotopic (exact) mass is 377 g/mol. The standard InChI is InChI=1S/C18H23N3O6/c1-12(2)9-26-18(24)21(8-17(22)23)13(3)14-4-6-15(7-5-14)25-10-16-19-11-27-20-16/h4-7,11-13H,8-10H2,1-3H3,(H,22,23)/t13-/m0/s1. The van der Waals surface area contributed by atoms with Crippen molar-refractivity contribution in [1.29, 1.82) is 0 Å².